The number of esters is 1. The molecule has 782 valence electrons. The van der Waals surface area contributed by atoms with Crippen molar-refractivity contribution in [2.24, 2.45) is 29.1 Å². The van der Waals surface area contributed by atoms with Crippen LogP contribution >= 0.6 is 0 Å². The largest absolute Gasteiger partial charge is 0.480 e. The van der Waals surface area contributed by atoms with Crippen LogP contribution in [-0.4, -0.2) is 402 Å². The van der Waals surface area contributed by atoms with Gasteiger partial charge in [0.2, 0.25) is 70.9 Å². The Morgan fingerprint density at radius 1 is 0.489 bits per heavy atom. The number of rotatable bonds is 75. The van der Waals surface area contributed by atoms with Gasteiger partial charge in [0, 0.05) is 86.4 Å². The number of likely N-dealkylation sites (N-methyl/N-ethyl adjacent to an activating group) is 2. The van der Waals surface area contributed by atoms with Gasteiger partial charge in [-0.05, 0) is 82.0 Å². The van der Waals surface area contributed by atoms with E-state index in [0.717, 1.165) is 31.4 Å². The lowest BCUT2D eigenvalue weighted by atomic mass is 9.89. The molecule has 12 atom stereocenters. The molecule has 0 aromatic heterocycles. The Bertz CT molecular complexity index is 3750. The number of carboxylic acids is 1. The first-order chi connectivity index (χ1) is 65.2. The van der Waals surface area contributed by atoms with E-state index in [1.807, 2.05) is 97.8 Å². The standard InChI is InChI=1S/C91H158N16O30/c1-18-62(6)80(106(14)86(119)78(60(2)3)104-85(118)79(61(4)5)105(12)13)70(126-16)29-35-107-34-22-26-69(107)81(127-17)63(7)82(115)103-66(52-65-24-20-19-21-25-65)83(116)92-30-23-36-135-88(122)64(8)100-73(110)53-67(87(120)121)101-72(109)28-32-94-89(123)136-58-68(84(117)93-33-37-128-40-41-130-44-45-132-48-49-134-51-50-133-47-46-131-43-42-129-39-38-125-15)102-77(114)57-99-76(113)56-98-75(112)55-97-74(111)54-96-71(108)27-31-95-90(124)137-59-91(9,10)11/h19-21,24-25,60-64,66-70,78-81H,18,22-23,26-59H2,1-17H3,(H,92,116)(H,93,117)(H,94,123)(H,95,124)(H,96,108)(H,97,111)(H,98,112)(H,99,113)(H,100,110)(H,101,109)(H,102,114)(H,103,115)(H,104,118)(H,120,121)/t62-,63+,64?,66-,67?,68?,69-,70+,78-,79-,80-,81+/m0/s1. The fourth-order valence-corrected chi connectivity index (χ4v) is 14.1. The number of hydrogen-bond donors (Lipinski definition) is 14. The molecule has 3 unspecified atom stereocenters. The van der Waals surface area contributed by atoms with Gasteiger partial charge in [-0.15, -0.1) is 0 Å². The Morgan fingerprint density at radius 3 is 1.48 bits per heavy atom. The smallest absolute Gasteiger partial charge is 0.407 e. The number of aliphatic carboxylic acids is 1. The molecule has 1 aromatic carbocycles. The van der Waals surface area contributed by atoms with Gasteiger partial charge in [0.05, 0.1) is 175 Å². The third kappa shape index (κ3) is 54.7. The summed E-state index contributed by atoms with van der Waals surface area (Å²) in [5.41, 5.74) is 0.498. The lowest BCUT2D eigenvalue weighted by Crippen LogP contribution is -2.59. The van der Waals surface area contributed by atoms with E-state index in [-0.39, 0.29) is 132 Å². The summed E-state index contributed by atoms with van der Waals surface area (Å²) in [5, 5.41) is 41.9. The van der Waals surface area contributed by atoms with E-state index in [4.69, 9.17) is 61.6 Å². The molecule has 1 fully saturated rings. The summed E-state index contributed by atoms with van der Waals surface area (Å²) < 4.78 is 71.1. The molecule has 1 aromatic rings. The van der Waals surface area contributed by atoms with Crippen molar-refractivity contribution in [2.45, 2.75) is 194 Å². The zero-order valence-electron chi connectivity index (χ0n) is 83.3. The Hall–Kier alpha value is -10.1. The van der Waals surface area contributed by atoms with Crippen LogP contribution in [0.3, 0.4) is 0 Å². The zero-order valence-corrected chi connectivity index (χ0v) is 83.3. The van der Waals surface area contributed by atoms with Gasteiger partial charge in [-0.3, -0.25) is 67.3 Å². The highest BCUT2D eigenvalue weighted by Crippen LogP contribution is 2.30. The first kappa shape index (κ1) is 123. The predicted octanol–water partition coefficient (Wildman–Crippen LogP) is -1.54. The minimum Gasteiger partial charge on any atom is -0.480 e. The van der Waals surface area contributed by atoms with Gasteiger partial charge in [0.25, 0.3) is 0 Å². The highest BCUT2D eigenvalue weighted by molar-refractivity contribution is 5.94. The fraction of sp³-hybridized carbons (Fsp3) is 0.758. The summed E-state index contributed by atoms with van der Waals surface area (Å²) in [6.45, 7) is 22.7. The SMILES string of the molecule is CC[C@H](C)[C@@H]([C@@H](CCN1CCC[C@H]1[C@H](OC)[C@@H](C)C(=O)N[C@@H](Cc1ccccc1)C(=O)NCCCOC(=O)C(C)NC(=O)CC(NC(=O)CCNC(=O)OCC(NC(=O)CNC(=O)CNC(=O)CNC(=O)CNC(=O)CCNC(=O)OCC(C)(C)C)C(=O)NCCOCCOCCOCCOCCOCCOCCOCCOC)C(=O)O)OC)N(C)C(=O)[C@@H](NC(=O)[C@H](C(C)C)N(C)C)C(C)C. The van der Waals surface area contributed by atoms with Crippen molar-refractivity contribution in [1.82, 2.24) is 83.8 Å². The molecule has 0 bridgehead atoms. The van der Waals surface area contributed by atoms with E-state index in [9.17, 15) is 81.8 Å². The second kappa shape index (κ2) is 71.3. The highest BCUT2D eigenvalue weighted by atomic mass is 16.6. The molecular formula is C91H158N16O30. The maximum Gasteiger partial charge on any atom is 0.407 e. The number of carboxylic acid groups (broad SMARTS) is 1. The quantitative estimate of drug-likeness (QED) is 0.0200. The molecule has 46 heteroatoms. The van der Waals surface area contributed by atoms with E-state index < -0.39 is 190 Å². The number of hydrogen-bond acceptors (Lipinski definition) is 31. The third-order valence-corrected chi connectivity index (χ3v) is 21.5. The topological polar surface area (TPSA) is 579 Å². The molecular weight excluding hydrogens is 1800 g/mol. The van der Waals surface area contributed by atoms with E-state index in [0.29, 0.717) is 79.0 Å². The predicted molar refractivity (Wildman–Crippen MR) is 499 cm³/mol. The Labute approximate surface area is 805 Å². The summed E-state index contributed by atoms with van der Waals surface area (Å²) in [4.78, 5) is 215. The van der Waals surface area contributed by atoms with Crippen molar-refractivity contribution in [2.75, 3.05) is 227 Å². The van der Waals surface area contributed by atoms with Crippen LogP contribution in [0.15, 0.2) is 30.3 Å². The molecule has 137 heavy (non-hydrogen) atoms. The number of amides is 14. The fourth-order valence-electron chi connectivity index (χ4n) is 14.1. The number of ether oxygens (including phenoxy) is 13. The number of alkyl carbamates (subject to hydrolysis) is 2. The average molecular weight is 1960 g/mol. The first-order valence-electron chi connectivity index (χ1n) is 46.8. The zero-order chi connectivity index (χ0) is 102. The van der Waals surface area contributed by atoms with Gasteiger partial charge < -0.3 is 141 Å². The number of nitrogens with zero attached hydrogens (tertiary/aromatic N) is 3. The second-order valence-corrected chi connectivity index (χ2v) is 34.9. The van der Waals surface area contributed by atoms with Crippen molar-refractivity contribution in [3.63, 3.8) is 0 Å². The maximum atomic E-state index is 14.5. The summed E-state index contributed by atoms with van der Waals surface area (Å²) in [6, 6.07) is 1.55. The van der Waals surface area contributed by atoms with Gasteiger partial charge >= 0.3 is 24.1 Å². The second-order valence-electron chi connectivity index (χ2n) is 34.9. The molecule has 1 aliphatic heterocycles. The molecule has 1 saturated heterocycles. The summed E-state index contributed by atoms with van der Waals surface area (Å²) in [6.07, 6.45) is -1.44. The molecule has 0 radical (unpaired) electrons. The molecule has 0 saturated carbocycles. The Kier molecular flexibility index (Phi) is 64.0. The van der Waals surface area contributed by atoms with E-state index >= 15 is 0 Å². The normalized spacial score (nSPS) is 15.1. The van der Waals surface area contributed by atoms with Crippen LogP contribution in [0.5, 0.6) is 0 Å². The summed E-state index contributed by atoms with van der Waals surface area (Å²) in [5.74, 6) is -11.7. The van der Waals surface area contributed by atoms with E-state index in [1.165, 1.54) is 6.92 Å². The van der Waals surface area contributed by atoms with Crippen molar-refractivity contribution < 1.29 is 143 Å². The average Bonchev–Trinajstić information content (AvgIpc) is 1.77. The van der Waals surface area contributed by atoms with Crippen LogP contribution in [0, 0.1) is 29.1 Å². The Balaban J connectivity index is 1.97. The van der Waals surface area contributed by atoms with Crippen LogP contribution in [0.2, 0.25) is 0 Å². The lowest BCUT2D eigenvalue weighted by Gasteiger charge is -2.41. The van der Waals surface area contributed by atoms with Crippen molar-refractivity contribution in [3.05, 3.63) is 35.9 Å². The molecule has 2 rings (SSSR count). The van der Waals surface area contributed by atoms with E-state index in [2.05, 4.69) is 87.9 Å². The van der Waals surface area contributed by atoms with Gasteiger partial charge in [0.1, 0.15) is 36.8 Å². The number of carbonyl (C=O) groups excluding carboxylic acids is 15. The van der Waals surface area contributed by atoms with Crippen LogP contribution < -0.4 is 69.1 Å². The van der Waals surface area contributed by atoms with Crippen molar-refractivity contribution in [3.8, 4) is 0 Å². The monoisotopic (exact) mass is 1960 g/mol. The molecule has 1 heterocycles. The summed E-state index contributed by atoms with van der Waals surface area (Å²) in [7, 11) is 10.3. The number of benzene rings is 1. The minimum atomic E-state index is -1.83. The third-order valence-electron chi connectivity index (χ3n) is 21.5. The number of carbonyl (C=O) groups is 16. The van der Waals surface area contributed by atoms with Crippen LogP contribution in [0.1, 0.15) is 133 Å². The van der Waals surface area contributed by atoms with Gasteiger partial charge in [-0.25, -0.2) is 19.2 Å². The molecule has 1 aliphatic rings. The Morgan fingerprint density at radius 2 is 0.985 bits per heavy atom. The van der Waals surface area contributed by atoms with Gasteiger partial charge in [-0.2, -0.15) is 0 Å². The molecule has 46 nitrogen and oxygen atoms in total. The van der Waals surface area contributed by atoms with Gasteiger partial charge in [-0.1, -0.05) is 106 Å². The number of likely N-dealkylation sites (tertiary alicyclic amines) is 1. The highest BCUT2D eigenvalue weighted by Gasteiger charge is 2.42. The van der Waals surface area contributed by atoms with Crippen LogP contribution in [-0.2, 0) is 135 Å². The number of methoxy groups -OCH3 is 3. The van der Waals surface area contributed by atoms with Crippen molar-refractivity contribution in [1.29, 1.82) is 0 Å². The molecule has 14 amide bonds. The minimum absolute atomic E-state index is 0.00517. The summed E-state index contributed by atoms with van der Waals surface area (Å²) >= 11 is 0. The maximum absolute atomic E-state index is 14.5. The molecule has 0 aliphatic carbocycles. The first-order valence-corrected chi connectivity index (χ1v) is 46.8. The molecule has 14 N–H and O–H groups in total. The van der Waals surface area contributed by atoms with Crippen LogP contribution in [0.25, 0.3) is 0 Å². The lowest BCUT2D eigenvalue weighted by molar-refractivity contribution is -0.148. The van der Waals surface area contributed by atoms with E-state index in [1.54, 1.807) is 40.2 Å². The van der Waals surface area contributed by atoms with Gasteiger partial charge in [0.15, 0.2) is 0 Å². The number of nitrogens with one attached hydrogen (secondary N) is 13. The van der Waals surface area contributed by atoms with Crippen LogP contribution in [0.4, 0.5) is 9.59 Å². The molecule has 0 spiro atoms. The van der Waals surface area contributed by atoms with Crippen molar-refractivity contribution >= 4 is 95.0 Å².